The van der Waals surface area contributed by atoms with Crippen LogP contribution in [0, 0.1) is 0 Å². The van der Waals surface area contributed by atoms with Crippen molar-refractivity contribution in [1.29, 1.82) is 0 Å². The van der Waals surface area contributed by atoms with Crippen LogP contribution in [-0.2, 0) is 14.3 Å². The Hall–Kier alpha value is -1.79. The van der Waals surface area contributed by atoms with Crippen LogP contribution in [0.15, 0.2) is 0 Å². The first kappa shape index (κ1) is 20.2. The number of nitrogens with zero attached hydrogens (tertiary/aromatic N) is 2. The number of carboxylic acids is 1. The van der Waals surface area contributed by atoms with Crippen molar-refractivity contribution >= 4 is 18.0 Å². The molecule has 0 atom stereocenters. The van der Waals surface area contributed by atoms with E-state index in [-0.39, 0.29) is 12.5 Å². The van der Waals surface area contributed by atoms with Crippen molar-refractivity contribution in [3.8, 4) is 0 Å². The normalized spacial score (nSPS) is 11.0. The highest BCUT2D eigenvalue weighted by atomic mass is 16.6. The van der Waals surface area contributed by atoms with Crippen LogP contribution in [0.1, 0.15) is 47.5 Å². The summed E-state index contributed by atoms with van der Waals surface area (Å²) in [7, 11) is 0. The summed E-state index contributed by atoms with van der Waals surface area (Å²) in [6.45, 7) is 9.19. The van der Waals surface area contributed by atoms with Gasteiger partial charge in [-0.05, 0) is 34.1 Å². The van der Waals surface area contributed by atoms with E-state index in [4.69, 9.17) is 9.84 Å². The van der Waals surface area contributed by atoms with Gasteiger partial charge in [-0.3, -0.25) is 14.5 Å². The van der Waals surface area contributed by atoms with Gasteiger partial charge in [-0.2, -0.15) is 0 Å². The molecule has 7 nitrogen and oxygen atoms in total. The molecule has 0 saturated heterocycles. The van der Waals surface area contributed by atoms with Crippen LogP contribution in [0.2, 0.25) is 0 Å². The van der Waals surface area contributed by atoms with Crippen molar-refractivity contribution in [2.75, 3.05) is 26.2 Å². The van der Waals surface area contributed by atoms with Crippen LogP contribution in [0.25, 0.3) is 0 Å². The smallest absolute Gasteiger partial charge is 0.411 e. The van der Waals surface area contributed by atoms with Gasteiger partial charge < -0.3 is 14.7 Å². The molecule has 0 aromatic heterocycles. The van der Waals surface area contributed by atoms with Crippen LogP contribution in [-0.4, -0.2) is 64.7 Å². The molecule has 0 aliphatic rings. The summed E-state index contributed by atoms with van der Waals surface area (Å²) in [5.41, 5.74) is -0.746. The predicted molar refractivity (Wildman–Crippen MR) is 82.6 cm³/mol. The van der Waals surface area contributed by atoms with Gasteiger partial charge in [-0.15, -0.1) is 0 Å². The standard InChI is InChI=1S/C15H28N2O5/c1-6-8-9-16(7-2)12(18)10-17(11-13(19)20)14(21)22-15(3,4)5/h6-11H2,1-5H3,(H,19,20). The number of ether oxygens (including phenoxy) is 1. The number of hydrogen-bond acceptors (Lipinski definition) is 4. The third-order valence-corrected chi connectivity index (χ3v) is 2.82. The monoisotopic (exact) mass is 316 g/mol. The molecule has 0 rings (SSSR count). The van der Waals surface area contributed by atoms with Gasteiger partial charge in [-0.1, -0.05) is 13.3 Å². The van der Waals surface area contributed by atoms with E-state index in [9.17, 15) is 14.4 Å². The van der Waals surface area contributed by atoms with Crippen LogP contribution in [0.4, 0.5) is 4.79 Å². The van der Waals surface area contributed by atoms with Crippen molar-refractivity contribution in [2.24, 2.45) is 0 Å². The van der Waals surface area contributed by atoms with Crippen LogP contribution in [0.3, 0.4) is 0 Å². The fourth-order valence-corrected chi connectivity index (χ4v) is 1.75. The van der Waals surface area contributed by atoms with Crippen molar-refractivity contribution in [1.82, 2.24) is 9.80 Å². The van der Waals surface area contributed by atoms with Gasteiger partial charge >= 0.3 is 12.1 Å². The van der Waals surface area contributed by atoms with E-state index in [1.54, 1.807) is 25.7 Å². The molecule has 0 heterocycles. The molecule has 0 unspecified atom stereocenters. The Kier molecular flexibility index (Phi) is 8.52. The Labute approximate surface area is 132 Å². The highest BCUT2D eigenvalue weighted by Crippen LogP contribution is 2.10. The Morgan fingerprint density at radius 2 is 1.64 bits per heavy atom. The van der Waals surface area contributed by atoms with E-state index in [1.807, 2.05) is 13.8 Å². The lowest BCUT2D eigenvalue weighted by Gasteiger charge is -2.28. The molecule has 7 heteroatoms. The minimum atomic E-state index is -1.18. The zero-order valence-corrected chi connectivity index (χ0v) is 14.2. The summed E-state index contributed by atoms with van der Waals surface area (Å²) in [5.74, 6) is -1.46. The van der Waals surface area contributed by atoms with E-state index in [0.717, 1.165) is 17.7 Å². The Balaban J connectivity index is 4.86. The van der Waals surface area contributed by atoms with E-state index in [2.05, 4.69) is 0 Å². The quantitative estimate of drug-likeness (QED) is 0.739. The van der Waals surface area contributed by atoms with E-state index in [0.29, 0.717) is 13.1 Å². The lowest BCUT2D eigenvalue weighted by atomic mass is 10.2. The Morgan fingerprint density at radius 1 is 1.05 bits per heavy atom. The topological polar surface area (TPSA) is 87.2 Å². The average molecular weight is 316 g/mol. The van der Waals surface area contributed by atoms with Gasteiger partial charge in [0.15, 0.2) is 0 Å². The summed E-state index contributed by atoms with van der Waals surface area (Å²) in [6, 6.07) is 0. The van der Waals surface area contributed by atoms with Gasteiger partial charge in [0.2, 0.25) is 5.91 Å². The lowest BCUT2D eigenvalue weighted by molar-refractivity contribution is -0.139. The largest absolute Gasteiger partial charge is 0.480 e. The highest BCUT2D eigenvalue weighted by molar-refractivity contribution is 5.84. The SMILES string of the molecule is CCCCN(CC)C(=O)CN(CC(=O)O)C(=O)OC(C)(C)C. The van der Waals surface area contributed by atoms with Crippen molar-refractivity contribution in [2.45, 2.75) is 53.1 Å². The number of aliphatic carboxylic acids is 1. The van der Waals surface area contributed by atoms with Gasteiger partial charge in [-0.25, -0.2) is 4.79 Å². The maximum absolute atomic E-state index is 12.2. The van der Waals surface area contributed by atoms with Crippen LogP contribution >= 0.6 is 0 Å². The van der Waals surface area contributed by atoms with Crippen molar-refractivity contribution in [3.63, 3.8) is 0 Å². The molecule has 2 amide bonds. The maximum atomic E-state index is 12.2. The predicted octanol–water partition coefficient (Wildman–Crippen LogP) is 1.96. The zero-order valence-electron chi connectivity index (χ0n) is 14.2. The summed E-state index contributed by atoms with van der Waals surface area (Å²) in [5, 5.41) is 8.91. The number of unbranched alkanes of at least 4 members (excludes halogenated alkanes) is 1. The summed E-state index contributed by atoms with van der Waals surface area (Å²) in [4.78, 5) is 37.7. The molecule has 0 saturated carbocycles. The van der Waals surface area contributed by atoms with Gasteiger partial charge in [0.05, 0.1) is 0 Å². The second-order valence-electron chi connectivity index (χ2n) is 6.06. The number of carboxylic acid groups (broad SMARTS) is 1. The summed E-state index contributed by atoms with van der Waals surface area (Å²) < 4.78 is 5.15. The molecule has 0 aliphatic carbocycles. The molecule has 0 aromatic carbocycles. The van der Waals surface area contributed by atoms with Gasteiger partial charge in [0.25, 0.3) is 0 Å². The number of carbonyl (C=O) groups is 3. The van der Waals surface area contributed by atoms with E-state index in [1.165, 1.54) is 0 Å². The molecule has 128 valence electrons. The average Bonchev–Trinajstić information content (AvgIpc) is 2.36. The number of likely N-dealkylation sites (N-methyl/N-ethyl adjacent to an activating group) is 1. The van der Waals surface area contributed by atoms with Crippen molar-refractivity contribution in [3.05, 3.63) is 0 Å². The number of carbonyl (C=O) groups excluding carboxylic acids is 2. The molecular weight excluding hydrogens is 288 g/mol. The fourth-order valence-electron chi connectivity index (χ4n) is 1.75. The minimum Gasteiger partial charge on any atom is -0.480 e. The van der Waals surface area contributed by atoms with Crippen molar-refractivity contribution < 1.29 is 24.2 Å². The van der Waals surface area contributed by atoms with Gasteiger partial charge in [0, 0.05) is 13.1 Å². The molecule has 22 heavy (non-hydrogen) atoms. The molecule has 0 radical (unpaired) electrons. The maximum Gasteiger partial charge on any atom is 0.411 e. The van der Waals surface area contributed by atoms with E-state index < -0.39 is 24.2 Å². The first-order valence-electron chi connectivity index (χ1n) is 7.58. The Bertz CT molecular complexity index is 390. The number of amides is 2. The third kappa shape index (κ3) is 8.49. The fraction of sp³-hybridized carbons (Fsp3) is 0.800. The zero-order chi connectivity index (χ0) is 17.3. The minimum absolute atomic E-state index is 0.275. The Morgan fingerprint density at radius 3 is 2.05 bits per heavy atom. The van der Waals surface area contributed by atoms with Crippen LogP contribution < -0.4 is 0 Å². The molecule has 0 spiro atoms. The number of rotatable bonds is 8. The lowest BCUT2D eigenvalue weighted by Crippen LogP contribution is -2.46. The van der Waals surface area contributed by atoms with Crippen LogP contribution in [0.5, 0.6) is 0 Å². The molecular formula is C15H28N2O5. The molecule has 0 aromatic rings. The highest BCUT2D eigenvalue weighted by Gasteiger charge is 2.27. The second kappa shape index (κ2) is 9.27. The van der Waals surface area contributed by atoms with E-state index >= 15 is 0 Å². The molecule has 0 bridgehead atoms. The second-order valence-corrected chi connectivity index (χ2v) is 6.06. The first-order chi connectivity index (χ1) is 10.1. The van der Waals surface area contributed by atoms with Gasteiger partial charge in [0.1, 0.15) is 18.7 Å². The molecule has 1 N–H and O–H groups in total. The number of hydrogen-bond donors (Lipinski definition) is 1. The molecule has 0 aliphatic heterocycles. The summed E-state index contributed by atoms with van der Waals surface area (Å²) >= 11 is 0. The first-order valence-corrected chi connectivity index (χ1v) is 7.58. The molecule has 0 fully saturated rings. The third-order valence-electron chi connectivity index (χ3n) is 2.82. The summed E-state index contributed by atoms with van der Waals surface area (Å²) in [6.07, 6.45) is 1.02.